The average molecular weight is 270 g/mol. The van der Waals surface area contributed by atoms with Crippen LogP contribution < -0.4 is 11.5 Å². The van der Waals surface area contributed by atoms with Crippen LogP contribution in [0.15, 0.2) is 53.6 Å². The Hall–Kier alpha value is -2.36. The number of carbonyl (C=O) groups excluding carboxylic acids is 2. The van der Waals surface area contributed by atoms with E-state index in [2.05, 4.69) is 0 Å². The molecular weight excluding hydrogens is 252 g/mol. The molecule has 0 radical (unpaired) electrons. The number of rotatable bonds is 3. The van der Waals surface area contributed by atoms with Crippen LogP contribution in [0.5, 0.6) is 0 Å². The number of hydrogen-bond acceptors (Lipinski definition) is 2. The molecule has 0 saturated carbocycles. The molecular formula is C16H18N2O2. The zero-order valence-corrected chi connectivity index (χ0v) is 11.6. The van der Waals surface area contributed by atoms with E-state index in [1.54, 1.807) is 12.2 Å². The first-order chi connectivity index (χ1) is 9.42. The van der Waals surface area contributed by atoms with Crippen molar-refractivity contribution in [3.05, 3.63) is 59.2 Å². The molecule has 1 aliphatic rings. The fourth-order valence-corrected chi connectivity index (χ4v) is 3.09. The van der Waals surface area contributed by atoms with Gasteiger partial charge in [-0.05, 0) is 12.5 Å². The van der Waals surface area contributed by atoms with Crippen LogP contribution in [0.1, 0.15) is 19.4 Å². The number of allylic oxidation sites excluding steroid dienone is 2. The van der Waals surface area contributed by atoms with Gasteiger partial charge in [0.15, 0.2) is 0 Å². The second kappa shape index (κ2) is 4.96. The molecule has 4 N–H and O–H groups in total. The van der Waals surface area contributed by atoms with Crippen molar-refractivity contribution >= 4 is 11.8 Å². The van der Waals surface area contributed by atoms with E-state index in [0.717, 1.165) is 11.1 Å². The van der Waals surface area contributed by atoms with Crippen LogP contribution in [0.3, 0.4) is 0 Å². The summed E-state index contributed by atoms with van der Waals surface area (Å²) < 4.78 is 0. The quantitative estimate of drug-likeness (QED) is 0.870. The van der Waals surface area contributed by atoms with Gasteiger partial charge in [0.2, 0.25) is 11.8 Å². The molecule has 0 saturated heterocycles. The molecule has 2 rings (SSSR count). The number of benzene rings is 1. The normalized spacial score (nSPS) is 25.6. The summed E-state index contributed by atoms with van der Waals surface area (Å²) in [6, 6.07) is 9.27. The van der Waals surface area contributed by atoms with Crippen LogP contribution >= 0.6 is 0 Å². The van der Waals surface area contributed by atoms with Gasteiger partial charge in [0.25, 0.3) is 0 Å². The van der Waals surface area contributed by atoms with Crippen LogP contribution in [-0.2, 0) is 15.0 Å². The Labute approximate surface area is 118 Å². The molecule has 0 spiro atoms. The van der Waals surface area contributed by atoms with Gasteiger partial charge in [-0.1, -0.05) is 55.0 Å². The lowest BCUT2D eigenvalue weighted by molar-refractivity contribution is -0.123. The minimum atomic E-state index is -1.03. The highest BCUT2D eigenvalue weighted by Crippen LogP contribution is 2.44. The van der Waals surface area contributed by atoms with Crippen LogP contribution in [-0.4, -0.2) is 11.8 Å². The molecule has 4 nitrogen and oxygen atoms in total. The maximum atomic E-state index is 12.3. The zero-order chi connectivity index (χ0) is 14.9. The van der Waals surface area contributed by atoms with Crippen molar-refractivity contribution in [1.82, 2.24) is 0 Å². The first-order valence-electron chi connectivity index (χ1n) is 6.46. The summed E-state index contributed by atoms with van der Waals surface area (Å²) >= 11 is 0. The lowest BCUT2D eigenvalue weighted by Gasteiger charge is -2.40. The van der Waals surface area contributed by atoms with Crippen LogP contribution in [0.2, 0.25) is 0 Å². The smallest absolute Gasteiger partial charge is 0.244 e. The molecule has 0 aromatic heterocycles. The summed E-state index contributed by atoms with van der Waals surface area (Å²) in [4.78, 5) is 23.9. The van der Waals surface area contributed by atoms with Gasteiger partial charge in [-0.3, -0.25) is 9.59 Å². The molecule has 0 heterocycles. The first kappa shape index (κ1) is 14.1. The molecule has 1 aromatic rings. The monoisotopic (exact) mass is 270 g/mol. The minimum Gasteiger partial charge on any atom is -0.369 e. The largest absolute Gasteiger partial charge is 0.369 e. The lowest BCUT2D eigenvalue weighted by Crippen LogP contribution is -2.50. The number of carbonyl (C=O) groups is 2. The molecule has 1 aliphatic carbocycles. The predicted octanol–water partition coefficient (Wildman–Crippen LogP) is 1.42. The van der Waals surface area contributed by atoms with Gasteiger partial charge in [0.05, 0.1) is 0 Å². The molecule has 20 heavy (non-hydrogen) atoms. The van der Waals surface area contributed by atoms with Gasteiger partial charge in [-0.15, -0.1) is 0 Å². The summed E-state index contributed by atoms with van der Waals surface area (Å²) in [5, 5.41) is 0. The fraction of sp³-hybridized carbons (Fsp3) is 0.250. The van der Waals surface area contributed by atoms with E-state index in [9.17, 15) is 9.59 Å². The third kappa shape index (κ3) is 1.84. The maximum Gasteiger partial charge on any atom is 0.244 e. The van der Waals surface area contributed by atoms with Gasteiger partial charge in [0.1, 0.15) is 5.41 Å². The van der Waals surface area contributed by atoms with E-state index in [-0.39, 0.29) is 0 Å². The summed E-state index contributed by atoms with van der Waals surface area (Å²) in [7, 11) is 0. The molecule has 4 heteroatoms. The molecule has 2 unspecified atom stereocenters. The Balaban J connectivity index is 2.71. The van der Waals surface area contributed by atoms with Crippen molar-refractivity contribution in [3.63, 3.8) is 0 Å². The Morgan fingerprint density at radius 2 is 1.70 bits per heavy atom. The van der Waals surface area contributed by atoms with Gasteiger partial charge in [-0.2, -0.15) is 0 Å². The molecule has 0 bridgehead atoms. The SMILES string of the molecule is CC1=CC=C(C(N)=O)C(C)C1(C(N)=O)c1ccccc1. The second-order valence-corrected chi connectivity index (χ2v) is 5.10. The molecule has 2 amide bonds. The highest BCUT2D eigenvalue weighted by Gasteiger charge is 2.48. The highest BCUT2D eigenvalue weighted by atomic mass is 16.2. The summed E-state index contributed by atoms with van der Waals surface area (Å²) in [5.74, 6) is -1.40. The van der Waals surface area contributed by atoms with Crippen molar-refractivity contribution in [2.45, 2.75) is 19.3 Å². The number of hydrogen-bond donors (Lipinski definition) is 2. The molecule has 2 atom stereocenters. The molecule has 0 aliphatic heterocycles. The molecule has 1 aromatic carbocycles. The molecule has 104 valence electrons. The van der Waals surface area contributed by atoms with Gasteiger partial charge >= 0.3 is 0 Å². The van der Waals surface area contributed by atoms with Gasteiger partial charge < -0.3 is 11.5 Å². The Morgan fingerprint density at radius 1 is 1.10 bits per heavy atom. The first-order valence-corrected chi connectivity index (χ1v) is 6.46. The second-order valence-electron chi connectivity index (χ2n) is 5.10. The summed E-state index contributed by atoms with van der Waals surface area (Å²) in [6.07, 6.45) is 3.42. The standard InChI is InChI=1S/C16H18N2O2/c1-10-8-9-13(14(17)19)11(2)16(10,15(18)20)12-6-4-3-5-7-12/h3-9,11H,1-2H3,(H2,17,19)(H2,18,20). The summed E-state index contributed by atoms with van der Waals surface area (Å²) in [6.45, 7) is 3.66. The Kier molecular flexibility index (Phi) is 3.49. The highest BCUT2D eigenvalue weighted by molar-refractivity contribution is 5.99. The van der Waals surface area contributed by atoms with E-state index in [4.69, 9.17) is 11.5 Å². The minimum absolute atomic E-state index is 0.398. The van der Waals surface area contributed by atoms with Gasteiger partial charge in [-0.25, -0.2) is 0 Å². The van der Waals surface area contributed by atoms with Crippen molar-refractivity contribution in [2.75, 3.05) is 0 Å². The van der Waals surface area contributed by atoms with Crippen LogP contribution in [0, 0.1) is 5.92 Å². The van der Waals surface area contributed by atoms with Crippen molar-refractivity contribution in [3.8, 4) is 0 Å². The van der Waals surface area contributed by atoms with Gasteiger partial charge in [0, 0.05) is 11.5 Å². The van der Waals surface area contributed by atoms with Crippen molar-refractivity contribution < 1.29 is 9.59 Å². The number of primary amides is 2. The topological polar surface area (TPSA) is 86.2 Å². The predicted molar refractivity (Wildman–Crippen MR) is 77.5 cm³/mol. The summed E-state index contributed by atoms with van der Waals surface area (Å²) in [5.41, 5.74) is 12.1. The zero-order valence-electron chi connectivity index (χ0n) is 11.6. The lowest BCUT2D eigenvalue weighted by atomic mass is 9.61. The third-order valence-corrected chi connectivity index (χ3v) is 4.15. The average Bonchev–Trinajstić information content (AvgIpc) is 2.39. The van der Waals surface area contributed by atoms with E-state index >= 15 is 0 Å². The van der Waals surface area contributed by atoms with E-state index in [1.807, 2.05) is 44.2 Å². The fourth-order valence-electron chi connectivity index (χ4n) is 3.09. The number of nitrogens with two attached hydrogens (primary N) is 2. The van der Waals surface area contributed by atoms with Crippen molar-refractivity contribution in [2.24, 2.45) is 17.4 Å². The Bertz CT molecular complexity index is 617. The van der Waals surface area contributed by atoms with E-state index in [0.29, 0.717) is 5.57 Å². The van der Waals surface area contributed by atoms with Crippen LogP contribution in [0.25, 0.3) is 0 Å². The Morgan fingerprint density at radius 3 is 2.20 bits per heavy atom. The van der Waals surface area contributed by atoms with E-state index in [1.165, 1.54) is 0 Å². The maximum absolute atomic E-state index is 12.3. The number of amides is 2. The molecule has 0 fully saturated rings. The van der Waals surface area contributed by atoms with Crippen LogP contribution in [0.4, 0.5) is 0 Å². The van der Waals surface area contributed by atoms with E-state index < -0.39 is 23.1 Å². The van der Waals surface area contributed by atoms with Crippen molar-refractivity contribution in [1.29, 1.82) is 0 Å². The third-order valence-electron chi connectivity index (χ3n) is 4.15.